The Morgan fingerprint density at radius 1 is 0.818 bits per heavy atom. The Labute approximate surface area is 127 Å². The lowest BCUT2D eigenvalue weighted by Gasteiger charge is -2.12. The van der Waals surface area contributed by atoms with Gasteiger partial charge in [-0.25, -0.2) is 0 Å². The van der Waals surface area contributed by atoms with E-state index < -0.39 is 0 Å². The third-order valence-electron chi connectivity index (χ3n) is 4.81. The third kappa shape index (κ3) is 1.40. The van der Waals surface area contributed by atoms with E-state index in [0.717, 1.165) is 24.1 Å². The monoisotopic (exact) mass is 288 g/mol. The Morgan fingerprint density at radius 3 is 2.41 bits per heavy atom. The second-order valence-electron chi connectivity index (χ2n) is 5.89. The first-order valence-corrected chi connectivity index (χ1v) is 7.64. The molecule has 3 nitrogen and oxygen atoms in total. The van der Waals surface area contributed by atoms with Crippen LogP contribution >= 0.6 is 0 Å². The Hall–Kier alpha value is -2.68. The maximum absolute atomic E-state index is 5.51. The Morgan fingerprint density at radius 2 is 1.55 bits per heavy atom. The van der Waals surface area contributed by atoms with Gasteiger partial charge in [-0.1, -0.05) is 30.3 Å². The molecular formula is C19H16N2O. The van der Waals surface area contributed by atoms with Crippen molar-refractivity contribution in [3.8, 4) is 17.1 Å². The van der Waals surface area contributed by atoms with E-state index in [1.165, 1.54) is 38.8 Å². The van der Waals surface area contributed by atoms with Crippen molar-refractivity contribution < 1.29 is 4.74 Å². The van der Waals surface area contributed by atoms with Crippen molar-refractivity contribution >= 4 is 21.8 Å². The molecule has 0 atom stereocenters. The maximum Gasteiger partial charge on any atom is 0.142 e. The number of aromatic amines is 2. The summed E-state index contributed by atoms with van der Waals surface area (Å²) >= 11 is 0. The average molecular weight is 288 g/mol. The van der Waals surface area contributed by atoms with Crippen molar-refractivity contribution in [1.29, 1.82) is 0 Å². The Balaban J connectivity index is 1.87. The van der Waals surface area contributed by atoms with E-state index in [1.807, 2.05) is 6.07 Å². The van der Waals surface area contributed by atoms with Crippen LogP contribution in [0.4, 0.5) is 0 Å². The third-order valence-corrected chi connectivity index (χ3v) is 4.81. The summed E-state index contributed by atoms with van der Waals surface area (Å²) in [6, 6.07) is 14.8. The molecule has 2 aromatic heterocycles. The van der Waals surface area contributed by atoms with Gasteiger partial charge >= 0.3 is 0 Å². The molecule has 0 spiro atoms. The fourth-order valence-electron chi connectivity index (χ4n) is 3.81. The molecule has 4 aromatic rings. The van der Waals surface area contributed by atoms with Crippen molar-refractivity contribution in [2.24, 2.45) is 0 Å². The molecule has 0 radical (unpaired) electrons. The second kappa shape index (κ2) is 4.17. The lowest BCUT2D eigenvalue weighted by Crippen LogP contribution is -2.01. The van der Waals surface area contributed by atoms with Crippen LogP contribution in [0.2, 0.25) is 0 Å². The highest BCUT2D eigenvalue weighted by molar-refractivity contribution is 5.99. The maximum atomic E-state index is 5.51. The summed E-state index contributed by atoms with van der Waals surface area (Å²) in [4.78, 5) is 7.20. The number of para-hydroxylation sites is 2. The highest BCUT2D eigenvalue weighted by atomic mass is 16.5. The van der Waals surface area contributed by atoms with Gasteiger partial charge in [-0.05, 0) is 36.1 Å². The van der Waals surface area contributed by atoms with E-state index in [2.05, 4.69) is 46.4 Å². The Bertz CT molecular complexity index is 1020. The van der Waals surface area contributed by atoms with Gasteiger partial charge in [0.1, 0.15) is 5.75 Å². The van der Waals surface area contributed by atoms with Gasteiger partial charge in [-0.3, -0.25) is 0 Å². The molecule has 2 N–H and O–H groups in total. The van der Waals surface area contributed by atoms with Gasteiger partial charge in [0.05, 0.1) is 24.0 Å². The normalized spacial score (nSPS) is 13.3. The fraction of sp³-hybridized carbons (Fsp3) is 0.158. The molecule has 1 aliphatic rings. The van der Waals surface area contributed by atoms with Crippen molar-refractivity contribution in [1.82, 2.24) is 9.97 Å². The first kappa shape index (κ1) is 11.9. The van der Waals surface area contributed by atoms with Crippen molar-refractivity contribution in [2.75, 3.05) is 7.11 Å². The number of methoxy groups -OCH3 is 1. The molecule has 0 saturated carbocycles. The standard InChI is InChI=1S/C19H16N2O/c1-22-16-8-4-6-12-14-10-9-13-11-5-2-3-7-15(11)20-18(13)19(14)21-17(12)16/h2-8,20-21H,9-10H2,1H3. The van der Waals surface area contributed by atoms with E-state index in [4.69, 9.17) is 4.74 Å². The molecular weight excluding hydrogens is 272 g/mol. The van der Waals surface area contributed by atoms with Crippen LogP contribution in [0.15, 0.2) is 42.5 Å². The van der Waals surface area contributed by atoms with Gasteiger partial charge < -0.3 is 14.7 Å². The first-order valence-electron chi connectivity index (χ1n) is 7.64. The van der Waals surface area contributed by atoms with Crippen LogP contribution in [0.25, 0.3) is 33.2 Å². The minimum absolute atomic E-state index is 0.907. The summed E-state index contributed by atoms with van der Waals surface area (Å²) in [5, 5.41) is 2.62. The lowest BCUT2D eigenvalue weighted by atomic mass is 9.92. The van der Waals surface area contributed by atoms with Gasteiger partial charge in [-0.2, -0.15) is 0 Å². The fourth-order valence-corrected chi connectivity index (χ4v) is 3.81. The lowest BCUT2D eigenvalue weighted by molar-refractivity contribution is 0.419. The van der Waals surface area contributed by atoms with E-state index in [-0.39, 0.29) is 0 Å². The van der Waals surface area contributed by atoms with E-state index >= 15 is 0 Å². The molecule has 5 rings (SSSR count). The number of aryl methyl sites for hydroxylation is 2. The van der Waals surface area contributed by atoms with Crippen LogP contribution in [-0.4, -0.2) is 17.1 Å². The minimum atomic E-state index is 0.907. The van der Waals surface area contributed by atoms with Gasteiger partial charge in [0, 0.05) is 16.3 Å². The van der Waals surface area contributed by atoms with E-state index in [0.29, 0.717) is 0 Å². The molecule has 0 saturated heterocycles. The molecule has 0 amide bonds. The predicted octanol–water partition coefficient (Wildman–Crippen LogP) is 4.42. The van der Waals surface area contributed by atoms with Crippen LogP contribution in [-0.2, 0) is 12.8 Å². The highest BCUT2D eigenvalue weighted by Crippen LogP contribution is 2.41. The molecule has 0 bridgehead atoms. The van der Waals surface area contributed by atoms with Crippen molar-refractivity contribution in [3.05, 3.63) is 53.6 Å². The number of ether oxygens (including phenoxy) is 1. The predicted molar refractivity (Wildman–Crippen MR) is 89.6 cm³/mol. The first-order chi connectivity index (χ1) is 10.9. The summed E-state index contributed by atoms with van der Waals surface area (Å²) in [5.74, 6) is 0.907. The number of rotatable bonds is 1. The zero-order valence-corrected chi connectivity index (χ0v) is 12.4. The molecule has 0 fully saturated rings. The topological polar surface area (TPSA) is 40.8 Å². The van der Waals surface area contributed by atoms with Crippen LogP contribution in [0.1, 0.15) is 11.1 Å². The molecule has 0 unspecified atom stereocenters. The average Bonchev–Trinajstić information content (AvgIpc) is 3.12. The Kier molecular flexibility index (Phi) is 2.26. The number of aromatic nitrogens is 2. The summed E-state index contributed by atoms with van der Waals surface area (Å²) in [6.07, 6.45) is 2.15. The zero-order valence-electron chi connectivity index (χ0n) is 12.4. The summed E-state index contributed by atoms with van der Waals surface area (Å²) in [5.41, 5.74) is 7.59. The molecule has 22 heavy (non-hydrogen) atoms. The number of nitrogens with one attached hydrogen (secondary N) is 2. The zero-order chi connectivity index (χ0) is 14.7. The quantitative estimate of drug-likeness (QED) is 0.534. The molecule has 2 aromatic carbocycles. The molecule has 1 aliphatic carbocycles. The SMILES string of the molecule is COc1cccc2c3c([nH]c12)-c1[nH]c2ccccc2c1CC3. The van der Waals surface area contributed by atoms with Crippen LogP contribution < -0.4 is 4.74 Å². The van der Waals surface area contributed by atoms with Crippen LogP contribution in [0.3, 0.4) is 0 Å². The van der Waals surface area contributed by atoms with Gasteiger partial charge in [0.2, 0.25) is 0 Å². The van der Waals surface area contributed by atoms with Gasteiger partial charge in [-0.15, -0.1) is 0 Å². The number of benzene rings is 2. The molecule has 0 aliphatic heterocycles. The van der Waals surface area contributed by atoms with Gasteiger partial charge in [0.15, 0.2) is 0 Å². The van der Waals surface area contributed by atoms with Crippen molar-refractivity contribution in [2.45, 2.75) is 12.8 Å². The number of hydrogen-bond acceptors (Lipinski definition) is 1. The largest absolute Gasteiger partial charge is 0.495 e. The van der Waals surface area contributed by atoms with Crippen LogP contribution in [0.5, 0.6) is 5.75 Å². The van der Waals surface area contributed by atoms with E-state index in [1.54, 1.807) is 7.11 Å². The smallest absolute Gasteiger partial charge is 0.142 e. The molecule has 3 heteroatoms. The van der Waals surface area contributed by atoms with Crippen molar-refractivity contribution in [3.63, 3.8) is 0 Å². The van der Waals surface area contributed by atoms with E-state index in [9.17, 15) is 0 Å². The number of hydrogen-bond donors (Lipinski definition) is 2. The number of fused-ring (bicyclic) bond motifs is 7. The summed E-state index contributed by atoms with van der Waals surface area (Å²) in [6.45, 7) is 0. The summed E-state index contributed by atoms with van der Waals surface area (Å²) < 4.78 is 5.51. The second-order valence-corrected chi connectivity index (χ2v) is 5.89. The molecule has 108 valence electrons. The highest BCUT2D eigenvalue weighted by Gasteiger charge is 2.24. The minimum Gasteiger partial charge on any atom is -0.495 e. The number of H-pyrrole nitrogens is 2. The molecule has 2 heterocycles. The summed E-state index contributed by atoms with van der Waals surface area (Å²) in [7, 11) is 1.73. The van der Waals surface area contributed by atoms with Gasteiger partial charge in [0.25, 0.3) is 0 Å². The van der Waals surface area contributed by atoms with Crippen LogP contribution in [0, 0.1) is 0 Å².